The van der Waals surface area contributed by atoms with E-state index in [1.165, 1.54) is 25.7 Å². The van der Waals surface area contributed by atoms with Gasteiger partial charge in [-0.15, -0.1) is 5.10 Å². The molecule has 0 spiro atoms. The summed E-state index contributed by atoms with van der Waals surface area (Å²) >= 11 is 0. The van der Waals surface area contributed by atoms with Gasteiger partial charge >= 0.3 is 6.01 Å². The van der Waals surface area contributed by atoms with E-state index in [0.29, 0.717) is 17.9 Å². The van der Waals surface area contributed by atoms with Crippen molar-refractivity contribution in [1.82, 2.24) is 15.5 Å². The highest BCUT2D eigenvalue weighted by Gasteiger charge is 2.25. The summed E-state index contributed by atoms with van der Waals surface area (Å²) in [4.78, 5) is 2.14. The zero-order chi connectivity index (χ0) is 13.1. The minimum atomic E-state index is 0.103. The Labute approximate surface area is 109 Å². The van der Waals surface area contributed by atoms with E-state index in [9.17, 15) is 0 Å². The molecule has 1 aromatic heterocycles. The molecule has 0 saturated heterocycles. The largest absolute Gasteiger partial charge is 0.406 e. The molecule has 1 N–H and O–H groups in total. The first-order chi connectivity index (χ1) is 8.61. The summed E-state index contributed by atoms with van der Waals surface area (Å²) in [6, 6.07) is 1.29. The Kier molecular flexibility index (Phi) is 4.22. The van der Waals surface area contributed by atoms with Gasteiger partial charge in [0.05, 0.1) is 6.04 Å². The summed E-state index contributed by atoms with van der Waals surface area (Å²) in [7, 11) is 3.95. The second kappa shape index (κ2) is 5.69. The zero-order valence-electron chi connectivity index (χ0n) is 11.8. The lowest BCUT2D eigenvalue weighted by Gasteiger charge is -2.32. The molecule has 102 valence electrons. The van der Waals surface area contributed by atoms with E-state index in [4.69, 9.17) is 4.42 Å². The number of hydrogen-bond acceptors (Lipinski definition) is 5. The van der Waals surface area contributed by atoms with E-state index in [0.717, 1.165) is 5.92 Å². The van der Waals surface area contributed by atoms with Crippen molar-refractivity contribution in [2.45, 2.75) is 51.6 Å². The van der Waals surface area contributed by atoms with Crippen LogP contribution in [0.5, 0.6) is 0 Å². The van der Waals surface area contributed by atoms with E-state index in [1.54, 1.807) is 0 Å². The number of hydrogen-bond donors (Lipinski definition) is 1. The van der Waals surface area contributed by atoms with Crippen LogP contribution in [0.4, 0.5) is 6.01 Å². The highest BCUT2D eigenvalue weighted by atomic mass is 16.4. The molecular formula is C13H24N4O. The van der Waals surface area contributed by atoms with Crippen LogP contribution in [0.25, 0.3) is 0 Å². The van der Waals surface area contributed by atoms with Gasteiger partial charge in [0, 0.05) is 13.1 Å². The second-order valence-corrected chi connectivity index (χ2v) is 5.46. The molecule has 1 fully saturated rings. The molecule has 1 aromatic rings. The summed E-state index contributed by atoms with van der Waals surface area (Å²) in [5, 5.41) is 11.3. The Bertz CT molecular complexity index is 371. The van der Waals surface area contributed by atoms with E-state index in [1.807, 2.05) is 14.0 Å². The SMILES string of the molecule is CNC(C)c1nnc(N(C)C2CCC(C)CC2)o1. The second-order valence-electron chi connectivity index (χ2n) is 5.46. The van der Waals surface area contributed by atoms with Crippen LogP contribution in [-0.2, 0) is 0 Å². The van der Waals surface area contributed by atoms with Gasteiger partial charge in [0.1, 0.15) is 0 Å². The highest BCUT2D eigenvalue weighted by Crippen LogP contribution is 2.29. The fraction of sp³-hybridized carbons (Fsp3) is 0.846. The van der Waals surface area contributed by atoms with Gasteiger partial charge in [-0.1, -0.05) is 12.0 Å². The van der Waals surface area contributed by atoms with Crippen molar-refractivity contribution in [3.05, 3.63) is 5.89 Å². The van der Waals surface area contributed by atoms with Crippen molar-refractivity contribution in [2.24, 2.45) is 5.92 Å². The van der Waals surface area contributed by atoms with E-state index in [2.05, 4.69) is 34.4 Å². The van der Waals surface area contributed by atoms with Crippen molar-refractivity contribution in [2.75, 3.05) is 19.0 Å². The zero-order valence-corrected chi connectivity index (χ0v) is 11.8. The molecule has 1 aliphatic rings. The normalized spacial score (nSPS) is 26.0. The minimum Gasteiger partial charge on any atom is -0.406 e. The maximum Gasteiger partial charge on any atom is 0.318 e. The van der Waals surface area contributed by atoms with Crippen molar-refractivity contribution in [1.29, 1.82) is 0 Å². The third kappa shape index (κ3) is 2.83. The Morgan fingerprint density at radius 1 is 1.28 bits per heavy atom. The Morgan fingerprint density at radius 3 is 2.56 bits per heavy atom. The Balaban J connectivity index is 2.00. The molecule has 18 heavy (non-hydrogen) atoms. The Hall–Kier alpha value is -1.10. The van der Waals surface area contributed by atoms with Gasteiger partial charge in [0.2, 0.25) is 5.89 Å². The first-order valence-electron chi connectivity index (χ1n) is 6.85. The summed E-state index contributed by atoms with van der Waals surface area (Å²) < 4.78 is 5.72. The van der Waals surface area contributed by atoms with Crippen LogP contribution >= 0.6 is 0 Å². The molecule has 0 aromatic carbocycles. The fourth-order valence-corrected chi connectivity index (χ4v) is 2.45. The minimum absolute atomic E-state index is 0.103. The molecule has 1 aliphatic carbocycles. The molecule has 0 aliphatic heterocycles. The summed E-state index contributed by atoms with van der Waals surface area (Å²) in [6.45, 7) is 4.34. The maximum absolute atomic E-state index is 5.72. The van der Waals surface area contributed by atoms with Gasteiger partial charge < -0.3 is 14.6 Å². The number of rotatable bonds is 4. The van der Waals surface area contributed by atoms with Gasteiger partial charge in [-0.25, -0.2) is 0 Å². The predicted molar refractivity (Wildman–Crippen MR) is 71.6 cm³/mol. The van der Waals surface area contributed by atoms with E-state index >= 15 is 0 Å². The van der Waals surface area contributed by atoms with Gasteiger partial charge in [0.15, 0.2) is 0 Å². The molecule has 2 rings (SSSR count). The fourth-order valence-electron chi connectivity index (χ4n) is 2.45. The molecule has 0 amide bonds. The molecule has 0 bridgehead atoms. The highest BCUT2D eigenvalue weighted by molar-refractivity contribution is 5.25. The maximum atomic E-state index is 5.72. The first-order valence-corrected chi connectivity index (χ1v) is 6.85. The lowest BCUT2D eigenvalue weighted by atomic mass is 9.87. The van der Waals surface area contributed by atoms with Gasteiger partial charge in [-0.2, -0.15) is 0 Å². The molecule has 5 heteroatoms. The van der Waals surface area contributed by atoms with Crippen molar-refractivity contribution < 1.29 is 4.42 Å². The molecule has 1 unspecified atom stereocenters. The predicted octanol–water partition coefficient (Wildman–Crippen LogP) is 2.36. The monoisotopic (exact) mass is 252 g/mol. The molecule has 1 atom stereocenters. The van der Waals surface area contributed by atoms with Crippen LogP contribution in [0.3, 0.4) is 0 Å². The van der Waals surface area contributed by atoms with Crippen LogP contribution in [0.2, 0.25) is 0 Å². The van der Waals surface area contributed by atoms with Gasteiger partial charge in [-0.3, -0.25) is 0 Å². The van der Waals surface area contributed by atoms with Crippen molar-refractivity contribution in [3.8, 4) is 0 Å². The van der Waals surface area contributed by atoms with E-state index in [-0.39, 0.29) is 6.04 Å². The van der Waals surface area contributed by atoms with Crippen LogP contribution < -0.4 is 10.2 Å². The first kappa shape index (κ1) is 13.3. The smallest absolute Gasteiger partial charge is 0.318 e. The number of anilines is 1. The molecular weight excluding hydrogens is 228 g/mol. The summed E-state index contributed by atoms with van der Waals surface area (Å²) in [5.41, 5.74) is 0. The standard InChI is InChI=1S/C13H24N4O/c1-9-5-7-11(8-6-9)17(4)13-16-15-12(18-13)10(2)14-3/h9-11,14H,5-8H2,1-4H3. The molecule has 0 radical (unpaired) electrons. The number of aromatic nitrogens is 2. The van der Waals surface area contributed by atoms with Crippen LogP contribution in [0, 0.1) is 5.92 Å². The van der Waals surface area contributed by atoms with Crippen LogP contribution in [-0.4, -0.2) is 30.3 Å². The van der Waals surface area contributed by atoms with Crippen molar-refractivity contribution in [3.63, 3.8) is 0 Å². The lowest BCUT2D eigenvalue weighted by Crippen LogP contribution is -2.35. The topological polar surface area (TPSA) is 54.2 Å². The molecule has 1 heterocycles. The van der Waals surface area contributed by atoms with E-state index < -0.39 is 0 Å². The number of nitrogens with one attached hydrogen (secondary N) is 1. The summed E-state index contributed by atoms with van der Waals surface area (Å²) in [5.74, 6) is 1.51. The van der Waals surface area contributed by atoms with Crippen LogP contribution in [0.15, 0.2) is 4.42 Å². The van der Waals surface area contributed by atoms with Gasteiger partial charge in [0.25, 0.3) is 0 Å². The van der Waals surface area contributed by atoms with Crippen molar-refractivity contribution >= 4 is 6.01 Å². The lowest BCUT2D eigenvalue weighted by molar-refractivity contribution is 0.328. The quantitative estimate of drug-likeness (QED) is 0.891. The summed E-state index contributed by atoms with van der Waals surface area (Å²) in [6.07, 6.45) is 5.03. The molecule has 5 nitrogen and oxygen atoms in total. The third-order valence-electron chi connectivity index (χ3n) is 4.07. The number of nitrogens with zero attached hydrogens (tertiary/aromatic N) is 3. The Morgan fingerprint density at radius 2 is 1.94 bits per heavy atom. The van der Waals surface area contributed by atoms with Gasteiger partial charge in [-0.05, 0) is 45.6 Å². The average molecular weight is 252 g/mol. The third-order valence-corrected chi connectivity index (χ3v) is 4.07. The molecule has 1 saturated carbocycles. The van der Waals surface area contributed by atoms with Crippen LogP contribution in [0.1, 0.15) is 51.5 Å². The average Bonchev–Trinajstić information content (AvgIpc) is 2.87.